The van der Waals surface area contributed by atoms with Crippen molar-refractivity contribution < 1.29 is 35.5 Å². The Balaban J connectivity index is 1.24. The van der Waals surface area contributed by atoms with E-state index >= 15 is 0 Å². The lowest BCUT2D eigenvalue weighted by atomic mass is 10.1. The van der Waals surface area contributed by atoms with Gasteiger partial charge in [0.2, 0.25) is 0 Å². The minimum absolute atomic E-state index is 0.164. The molecule has 8 nitrogen and oxygen atoms in total. The Kier molecular flexibility index (Phi) is 17.9. The Morgan fingerprint density at radius 2 is 1.26 bits per heavy atom. The second-order valence-corrected chi connectivity index (χ2v) is 21.2. The molecule has 1 saturated heterocycles. The quantitative estimate of drug-likeness (QED) is 0.0584. The molecular weight excluding hydrogens is 649 g/mol. The van der Waals surface area contributed by atoms with Crippen molar-refractivity contribution >= 4 is 42.4 Å². The summed E-state index contributed by atoms with van der Waals surface area (Å²) in [5.74, 6) is 1.65. The summed E-state index contributed by atoms with van der Waals surface area (Å²) >= 11 is 0. The lowest BCUT2D eigenvalue weighted by molar-refractivity contribution is 0.0734. The fourth-order valence-electron chi connectivity index (χ4n) is 5.41. The third-order valence-electron chi connectivity index (χ3n) is 7.76. The highest BCUT2D eigenvalue weighted by atomic mass is 28.5. The van der Waals surface area contributed by atoms with E-state index in [1.165, 1.54) is 51.4 Å². The topological polar surface area (TPSA) is 81.7 Å². The summed E-state index contributed by atoms with van der Waals surface area (Å²) in [6.07, 6.45) is 14.3. The van der Waals surface area contributed by atoms with Crippen LogP contribution in [-0.2, 0) is 16.5 Å². The zero-order chi connectivity index (χ0) is 33.2. The summed E-state index contributed by atoms with van der Waals surface area (Å²) in [7, 11) is -6.06. The fraction of sp³-hybridized carbons (Fsp3) is 0.618. The van der Waals surface area contributed by atoms with Gasteiger partial charge in [0.25, 0.3) is 0 Å². The molecule has 1 atom stereocenters. The zero-order valence-electron chi connectivity index (χ0n) is 28.9. The lowest BCUT2D eigenvalue weighted by Gasteiger charge is -2.35. The summed E-state index contributed by atoms with van der Waals surface area (Å²) < 4.78 is 42.0. The van der Waals surface area contributed by atoms with Crippen LogP contribution in [0, 0.1) is 0 Å². The van der Waals surface area contributed by atoms with Crippen LogP contribution in [-0.4, -0.2) is 55.1 Å². The standard InChI is InChI=1S/C34H55O8Si4/c1-7-8-9-15-18-29(2)37-32-23-25-33(26-24-32)38-34(35)30-19-21-31(22-20-30)36-27-16-13-11-10-12-14-17-28-46(6)41-44(4)39-43(3)40-45(5)42-46/h19-26,29H,7-18,27-28H2,1-6H3. The predicted octanol–water partition coefficient (Wildman–Crippen LogP) is 9.26. The smallest absolute Gasteiger partial charge is 0.362 e. The van der Waals surface area contributed by atoms with Crippen LogP contribution in [0.15, 0.2) is 48.5 Å². The van der Waals surface area contributed by atoms with E-state index in [-0.39, 0.29) is 6.10 Å². The molecule has 0 spiro atoms. The highest BCUT2D eigenvalue weighted by Crippen LogP contribution is 2.24. The van der Waals surface area contributed by atoms with Gasteiger partial charge in [-0.2, -0.15) is 0 Å². The number of unbranched alkanes of at least 4 members (excludes halogenated alkanes) is 9. The molecule has 0 saturated carbocycles. The van der Waals surface area contributed by atoms with Crippen LogP contribution in [0.1, 0.15) is 101 Å². The molecule has 255 valence electrons. The van der Waals surface area contributed by atoms with Crippen molar-refractivity contribution in [1.29, 1.82) is 0 Å². The molecule has 0 aromatic heterocycles. The van der Waals surface area contributed by atoms with Crippen molar-refractivity contribution in [2.75, 3.05) is 6.61 Å². The first kappa shape index (κ1) is 38.7. The lowest BCUT2D eigenvalue weighted by Crippen LogP contribution is -2.52. The van der Waals surface area contributed by atoms with Crippen molar-refractivity contribution in [3.63, 3.8) is 0 Å². The average molecular weight is 704 g/mol. The molecular formula is C34H55O8Si4. The summed E-state index contributed by atoms with van der Waals surface area (Å²) in [5.41, 5.74) is 0.488. The molecule has 0 amide bonds. The molecule has 2 aromatic rings. The molecule has 1 unspecified atom stereocenters. The van der Waals surface area contributed by atoms with Gasteiger partial charge in [0.15, 0.2) is 0 Å². The minimum Gasteiger partial charge on any atom is -0.494 e. The summed E-state index contributed by atoms with van der Waals surface area (Å²) in [4.78, 5) is 12.6. The van der Waals surface area contributed by atoms with Gasteiger partial charge in [0, 0.05) is 0 Å². The Morgan fingerprint density at radius 3 is 1.89 bits per heavy atom. The third-order valence-corrected chi connectivity index (χ3v) is 19.4. The monoisotopic (exact) mass is 703 g/mol. The molecule has 0 bridgehead atoms. The van der Waals surface area contributed by atoms with E-state index in [0.717, 1.165) is 43.2 Å². The number of rotatable bonds is 20. The highest BCUT2D eigenvalue weighted by molar-refractivity contribution is 6.81. The van der Waals surface area contributed by atoms with Crippen LogP contribution < -0.4 is 14.2 Å². The minimum atomic E-state index is -2.22. The van der Waals surface area contributed by atoms with Gasteiger partial charge in [0.1, 0.15) is 17.2 Å². The van der Waals surface area contributed by atoms with Gasteiger partial charge >= 0.3 is 42.4 Å². The van der Waals surface area contributed by atoms with Crippen molar-refractivity contribution in [1.82, 2.24) is 0 Å². The molecule has 2 aromatic carbocycles. The van der Waals surface area contributed by atoms with Gasteiger partial charge in [-0.3, -0.25) is 0 Å². The molecule has 12 heteroatoms. The molecule has 1 aliphatic rings. The van der Waals surface area contributed by atoms with E-state index in [0.29, 0.717) is 17.9 Å². The summed E-state index contributed by atoms with van der Waals surface area (Å²) in [5, 5.41) is 0. The number of hydrogen-bond donors (Lipinski definition) is 0. The van der Waals surface area contributed by atoms with E-state index in [4.69, 9.17) is 30.7 Å². The van der Waals surface area contributed by atoms with E-state index in [1.807, 2.05) is 43.9 Å². The summed E-state index contributed by atoms with van der Waals surface area (Å²) in [6, 6.07) is 15.4. The SMILES string of the molecule is CCCCCCC(C)Oc1ccc(OC(=O)c2ccc(OCCCCCCCCC[Si]3(C)O[Si](C)O[Si](C)O[Si](C)O3)cc2)cc1. The van der Waals surface area contributed by atoms with Crippen LogP contribution in [0.4, 0.5) is 0 Å². The molecule has 1 aliphatic heterocycles. The average Bonchev–Trinajstić information content (AvgIpc) is 3.00. The van der Waals surface area contributed by atoms with E-state index in [9.17, 15) is 4.79 Å². The van der Waals surface area contributed by atoms with Crippen LogP contribution in [0.25, 0.3) is 0 Å². The van der Waals surface area contributed by atoms with Crippen molar-refractivity contribution in [3.8, 4) is 17.2 Å². The van der Waals surface area contributed by atoms with Crippen LogP contribution in [0.2, 0.25) is 32.2 Å². The number of esters is 1. The van der Waals surface area contributed by atoms with Gasteiger partial charge < -0.3 is 30.7 Å². The summed E-state index contributed by atoms with van der Waals surface area (Å²) in [6.45, 7) is 13.3. The second-order valence-electron chi connectivity index (χ2n) is 12.3. The van der Waals surface area contributed by atoms with Gasteiger partial charge in [-0.1, -0.05) is 64.7 Å². The molecule has 3 radical (unpaired) electrons. The molecule has 0 aliphatic carbocycles. The van der Waals surface area contributed by atoms with Crippen LogP contribution in [0.3, 0.4) is 0 Å². The Bertz CT molecular complexity index is 1110. The van der Waals surface area contributed by atoms with Crippen LogP contribution >= 0.6 is 0 Å². The molecule has 1 heterocycles. The van der Waals surface area contributed by atoms with E-state index in [1.54, 1.807) is 24.3 Å². The maximum absolute atomic E-state index is 12.6. The first-order valence-electron chi connectivity index (χ1n) is 17.1. The highest BCUT2D eigenvalue weighted by Gasteiger charge is 2.40. The molecule has 46 heavy (non-hydrogen) atoms. The largest absolute Gasteiger partial charge is 0.494 e. The number of hydrogen-bond acceptors (Lipinski definition) is 8. The number of benzene rings is 2. The normalized spacial score (nSPS) is 16.8. The van der Waals surface area contributed by atoms with E-state index in [2.05, 4.69) is 20.4 Å². The fourth-order valence-corrected chi connectivity index (χ4v) is 17.4. The number of carbonyl (C=O) groups is 1. The molecule has 1 fully saturated rings. The van der Waals surface area contributed by atoms with Gasteiger partial charge in [-0.25, -0.2) is 4.79 Å². The maximum Gasteiger partial charge on any atom is 0.362 e. The number of ether oxygens (including phenoxy) is 3. The van der Waals surface area contributed by atoms with Gasteiger partial charge in [-0.05, 0) is 107 Å². The Hall–Kier alpha value is -1.78. The Morgan fingerprint density at radius 1 is 0.717 bits per heavy atom. The predicted molar refractivity (Wildman–Crippen MR) is 190 cm³/mol. The number of carbonyl (C=O) groups excluding carboxylic acids is 1. The zero-order valence-corrected chi connectivity index (χ0v) is 32.9. The molecule has 0 N–H and O–H groups in total. The second kappa shape index (κ2) is 21.2. The third kappa shape index (κ3) is 15.4. The first-order valence-corrected chi connectivity index (χ1v) is 25.1. The van der Waals surface area contributed by atoms with Gasteiger partial charge in [0.05, 0.1) is 18.3 Å². The van der Waals surface area contributed by atoms with Crippen LogP contribution in [0.5, 0.6) is 17.2 Å². The van der Waals surface area contributed by atoms with Crippen molar-refractivity contribution in [3.05, 3.63) is 54.1 Å². The first-order chi connectivity index (χ1) is 22.2. The molecule has 3 rings (SSSR count). The van der Waals surface area contributed by atoms with Gasteiger partial charge in [-0.15, -0.1) is 0 Å². The maximum atomic E-state index is 12.6. The van der Waals surface area contributed by atoms with Crippen molar-refractivity contribution in [2.45, 2.75) is 129 Å². The van der Waals surface area contributed by atoms with Crippen molar-refractivity contribution in [2.24, 2.45) is 0 Å². The Labute approximate surface area is 284 Å². The van der Waals surface area contributed by atoms with E-state index < -0.39 is 42.4 Å².